The molecule has 4 rings (SSSR count). The van der Waals surface area contributed by atoms with Crippen molar-refractivity contribution in [1.82, 2.24) is 15.0 Å². The molecule has 2 atom stereocenters. The van der Waals surface area contributed by atoms with Gasteiger partial charge >= 0.3 is 0 Å². The summed E-state index contributed by atoms with van der Waals surface area (Å²) in [7, 11) is 0. The van der Waals surface area contributed by atoms with Crippen molar-refractivity contribution in [2.75, 3.05) is 29.1 Å². The molecule has 0 radical (unpaired) electrons. The molecule has 1 aromatic heterocycles. The number of anilines is 3. The van der Waals surface area contributed by atoms with Crippen LogP contribution in [-0.4, -0.2) is 34.3 Å². The summed E-state index contributed by atoms with van der Waals surface area (Å²) in [6.07, 6.45) is 6.68. The normalized spacial score (nSPS) is 24.2. The van der Waals surface area contributed by atoms with E-state index in [2.05, 4.69) is 56.0 Å². The molecule has 1 fully saturated rings. The number of fused-ring (bicyclic) bond motifs is 1. The molecule has 0 aliphatic heterocycles. The lowest BCUT2D eigenvalue weighted by atomic mass is 9.49. The maximum absolute atomic E-state index is 4.36. The van der Waals surface area contributed by atoms with E-state index < -0.39 is 0 Å². The van der Waals surface area contributed by atoms with Crippen LogP contribution in [0.1, 0.15) is 40.5 Å². The molecule has 0 saturated heterocycles. The van der Waals surface area contributed by atoms with Gasteiger partial charge in [0.25, 0.3) is 0 Å². The second-order valence-electron chi connectivity index (χ2n) is 6.98. The molecule has 130 valence electrons. The summed E-state index contributed by atoms with van der Waals surface area (Å²) < 4.78 is 0. The van der Waals surface area contributed by atoms with Gasteiger partial charge in [-0.25, -0.2) is 5.43 Å². The molecule has 0 amide bonds. The fraction of sp³-hybridized carbons (Fsp3) is 0.647. The van der Waals surface area contributed by atoms with Crippen LogP contribution in [0, 0.1) is 17.3 Å². The lowest BCUT2D eigenvalue weighted by Crippen LogP contribution is -2.48. The summed E-state index contributed by atoms with van der Waals surface area (Å²) >= 11 is 0. The Morgan fingerprint density at radius 3 is 2.29 bits per heavy atom. The van der Waals surface area contributed by atoms with Crippen LogP contribution >= 0.6 is 0 Å². The second kappa shape index (κ2) is 6.75. The van der Waals surface area contributed by atoms with Crippen molar-refractivity contribution in [1.29, 1.82) is 0 Å². The molecule has 2 bridgehead atoms. The zero-order valence-corrected chi connectivity index (χ0v) is 14.9. The molecule has 1 aromatic rings. The molecule has 7 heteroatoms. The van der Waals surface area contributed by atoms with Crippen LogP contribution in [0.2, 0.25) is 0 Å². The van der Waals surface area contributed by atoms with Crippen molar-refractivity contribution in [2.45, 2.75) is 40.5 Å². The van der Waals surface area contributed by atoms with E-state index in [-0.39, 0.29) is 0 Å². The van der Waals surface area contributed by atoms with Gasteiger partial charge < -0.3 is 10.6 Å². The van der Waals surface area contributed by atoms with Gasteiger partial charge in [0.1, 0.15) is 0 Å². The number of hydrogen-bond donors (Lipinski definition) is 3. The van der Waals surface area contributed by atoms with Gasteiger partial charge in [-0.15, -0.1) is 0 Å². The summed E-state index contributed by atoms with van der Waals surface area (Å²) in [6, 6.07) is 0. The van der Waals surface area contributed by atoms with Crippen LogP contribution in [0.25, 0.3) is 0 Å². The molecule has 0 spiro atoms. The monoisotopic (exact) mass is 329 g/mol. The Morgan fingerprint density at radius 2 is 1.75 bits per heavy atom. The smallest absolute Gasteiger partial charge is 0.250 e. The Bertz CT molecular complexity index is 626. The van der Waals surface area contributed by atoms with E-state index in [4.69, 9.17) is 0 Å². The van der Waals surface area contributed by atoms with E-state index in [1.54, 1.807) is 0 Å². The van der Waals surface area contributed by atoms with E-state index in [9.17, 15) is 0 Å². The third kappa shape index (κ3) is 3.20. The highest BCUT2D eigenvalue weighted by Gasteiger charge is 2.50. The molecule has 7 nitrogen and oxygen atoms in total. The summed E-state index contributed by atoms with van der Waals surface area (Å²) in [5.74, 6) is 2.98. The summed E-state index contributed by atoms with van der Waals surface area (Å²) in [5, 5.41) is 10.6. The third-order valence-electron chi connectivity index (χ3n) is 5.19. The number of nitrogens with one attached hydrogen (secondary N) is 3. The molecule has 1 heterocycles. The van der Waals surface area contributed by atoms with Crippen LogP contribution in [0.3, 0.4) is 0 Å². The number of hydrazone groups is 1. The average molecular weight is 329 g/mol. The van der Waals surface area contributed by atoms with Crippen LogP contribution in [-0.2, 0) is 0 Å². The molecule has 24 heavy (non-hydrogen) atoms. The standard InChI is InChI=1S/C17H27N7/c1-5-18-14-21-15(19-6-2)23-16(22-14)24-20-10-11-7-8-12-9-13(11)17(12,3)4/h7,10,12-13H,5-6,8-9H2,1-4H3,(H3,18,19,21,22,23,24)/b20-10+. The summed E-state index contributed by atoms with van der Waals surface area (Å²) in [4.78, 5) is 13.0. The molecule has 3 aliphatic rings. The quantitative estimate of drug-likeness (QED) is 0.526. The lowest BCUT2D eigenvalue weighted by molar-refractivity contribution is -0.00124. The zero-order valence-electron chi connectivity index (χ0n) is 14.9. The molecule has 3 aliphatic carbocycles. The van der Waals surface area contributed by atoms with Crippen LogP contribution in [0.4, 0.5) is 17.8 Å². The minimum absolute atomic E-state index is 0.402. The number of aromatic nitrogens is 3. The predicted molar refractivity (Wildman–Crippen MR) is 98.3 cm³/mol. The van der Waals surface area contributed by atoms with Gasteiger partial charge in [0.05, 0.1) is 6.21 Å². The fourth-order valence-corrected chi connectivity index (χ4v) is 3.61. The van der Waals surface area contributed by atoms with Gasteiger partial charge in [-0.05, 0) is 49.5 Å². The van der Waals surface area contributed by atoms with Crippen LogP contribution < -0.4 is 16.1 Å². The van der Waals surface area contributed by atoms with Crippen molar-refractivity contribution in [2.24, 2.45) is 22.4 Å². The minimum atomic E-state index is 0.402. The first-order valence-electron chi connectivity index (χ1n) is 8.77. The molecule has 2 unspecified atom stereocenters. The summed E-state index contributed by atoms with van der Waals surface area (Å²) in [6.45, 7) is 10.2. The minimum Gasteiger partial charge on any atom is -0.354 e. The first-order valence-corrected chi connectivity index (χ1v) is 8.77. The second-order valence-corrected chi connectivity index (χ2v) is 6.98. The average Bonchev–Trinajstić information content (AvgIpc) is 2.55. The van der Waals surface area contributed by atoms with Crippen LogP contribution in [0.15, 0.2) is 16.8 Å². The SMILES string of the molecule is CCNc1nc(NCC)nc(N/N=C/C2=CCC3CC2C3(C)C)n1. The van der Waals surface area contributed by atoms with Crippen molar-refractivity contribution < 1.29 is 0 Å². The lowest BCUT2D eigenvalue weighted by Gasteiger charge is -2.55. The van der Waals surface area contributed by atoms with Gasteiger partial charge in [0, 0.05) is 13.1 Å². The first kappa shape index (κ1) is 16.7. The number of hydrogen-bond acceptors (Lipinski definition) is 7. The third-order valence-corrected chi connectivity index (χ3v) is 5.19. The highest BCUT2D eigenvalue weighted by molar-refractivity contribution is 5.81. The highest BCUT2D eigenvalue weighted by atomic mass is 15.4. The predicted octanol–water partition coefficient (Wildman–Crippen LogP) is 3.13. The van der Waals surface area contributed by atoms with E-state index in [1.807, 2.05) is 20.1 Å². The van der Waals surface area contributed by atoms with E-state index in [0.29, 0.717) is 29.2 Å². The molecule has 3 N–H and O–H groups in total. The zero-order chi connectivity index (χ0) is 17.2. The van der Waals surface area contributed by atoms with E-state index in [0.717, 1.165) is 25.4 Å². The Balaban J connectivity index is 1.68. The Kier molecular flexibility index (Phi) is 4.69. The van der Waals surface area contributed by atoms with Crippen molar-refractivity contribution in [3.63, 3.8) is 0 Å². The van der Waals surface area contributed by atoms with Gasteiger partial charge in [0.15, 0.2) is 0 Å². The summed E-state index contributed by atoms with van der Waals surface area (Å²) in [5.41, 5.74) is 4.67. The van der Waals surface area contributed by atoms with Gasteiger partial charge in [-0.3, -0.25) is 0 Å². The van der Waals surface area contributed by atoms with Gasteiger partial charge in [-0.2, -0.15) is 20.1 Å². The Hall–Kier alpha value is -2.18. The van der Waals surface area contributed by atoms with Crippen molar-refractivity contribution in [3.05, 3.63) is 11.6 Å². The topological polar surface area (TPSA) is 87.1 Å². The number of allylic oxidation sites excluding steroid dienone is 2. The van der Waals surface area contributed by atoms with Crippen LogP contribution in [0.5, 0.6) is 0 Å². The Labute approximate surface area is 143 Å². The van der Waals surface area contributed by atoms with Gasteiger partial charge in [0.2, 0.25) is 17.8 Å². The maximum atomic E-state index is 4.36. The largest absolute Gasteiger partial charge is 0.354 e. The molecule has 0 aromatic carbocycles. The maximum Gasteiger partial charge on any atom is 0.250 e. The van der Waals surface area contributed by atoms with Crippen molar-refractivity contribution in [3.8, 4) is 0 Å². The number of nitrogens with zero attached hydrogens (tertiary/aromatic N) is 4. The first-order chi connectivity index (χ1) is 11.5. The molecule has 1 saturated carbocycles. The molecular formula is C17H27N7. The molecular weight excluding hydrogens is 302 g/mol. The van der Waals surface area contributed by atoms with Gasteiger partial charge in [-0.1, -0.05) is 19.9 Å². The van der Waals surface area contributed by atoms with E-state index >= 15 is 0 Å². The number of rotatable bonds is 7. The Morgan fingerprint density at radius 1 is 1.12 bits per heavy atom. The van der Waals surface area contributed by atoms with Crippen molar-refractivity contribution >= 4 is 24.1 Å². The van der Waals surface area contributed by atoms with E-state index in [1.165, 1.54) is 12.0 Å². The highest BCUT2D eigenvalue weighted by Crippen LogP contribution is 2.58. The fourth-order valence-electron chi connectivity index (χ4n) is 3.61.